The summed E-state index contributed by atoms with van der Waals surface area (Å²) in [5.41, 5.74) is 0. The Labute approximate surface area is 118 Å². The zero-order valence-electron chi connectivity index (χ0n) is 12.8. The molecule has 0 spiro atoms. The first kappa shape index (κ1) is 13.8. The van der Waals surface area contributed by atoms with E-state index >= 15 is 0 Å². The van der Waals surface area contributed by atoms with Crippen molar-refractivity contribution in [2.45, 2.75) is 51.1 Å². The monoisotopic (exact) mass is 265 g/mol. The van der Waals surface area contributed by atoms with E-state index in [1.165, 1.54) is 64.8 Å². The van der Waals surface area contributed by atoms with Crippen LogP contribution in [-0.2, 0) is 0 Å². The summed E-state index contributed by atoms with van der Waals surface area (Å²) in [4.78, 5) is 5.19. The molecule has 1 N–H and O–H groups in total. The Hall–Kier alpha value is -0.120. The van der Waals surface area contributed by atoms with Crippen molar-refractivity contribution in [1.29, 1.82) is 0 Å². The summed E-state index contributed by atoms with van der Waals surface area (Å²) < 4.78 is 0. The molecule has 0 aromatic carbocycles. The van der Waals surface area contributed by atoms with Crippen LogP contribution in [0.4, 0.5) is 0 Å². The fourth-order valence-electron chi connectivity index (χ4n) is 3.67. The van der Waals surface area contributed by atoms with Gasteiger partial charge in [-0.25, -0.2) is 0 Å². The van der Waals surface area contributed by atoms with E-state index in [1.807, 2.05) is 0 Å². The van der Waals surface area contributed by atoms with Crippen molar-refractivity contribution >= 4 is 0 Å². The first-order valence-corrected chi connectivity index (χ1v) is 8.44. The van der Waals surface area contributed by atoms with E-state index in [4.69, 9.17) is 0 Å². The number of nitrogens with zero attached hydrogens (tertiary/aromatic N) is 2. The topological polar surface area (TPSA) is 18.5 Å². The van der Waals surface area contributed by atoms with Crippen molar-refractivity contribution in [3.8, 4) is 0 Å². The normalized spacial score (nSPS) is 30.2. The molecule has 1 aliphatic heterocycles. The van der Waals surface area contributed by atoms with E-state index in [2.05, 4.69) is 29.1 Å². The average Bonchev–Trinajstić information content (AvgIpc) is 3.28. The highest BCUT2D eigenvalue weighted by molar-refractivity contribution is 4.96. The van der Waals surface area contributed by atoms with Gasteiger partial charge in [0.1, 0.15) is 0 Å². The second kappa shape index (κ2) is 6.11. The molecule has 0 radical (unpaired) electrons. The molecule has 3 nitrogen and oxygen atoms in total. The van der Waals surface area contributed by atoms with Crippen molar-refractivity contribution in [3.05, 3.63) is 0 Å². The van der Waals surface area contributed by atoms with Crippen LogP contribution >= 0.6 is 0 Å². The third kappa shape index (κ3) is 3.71. The Morgan fingerprint density at radius 2 is 1.79 bits per heavy atom. The van der Waals surface area contributed by atoms with E-state index in [1.54, 1.807) is 0 Å². The van der Waals surface area contributed by atoms with Gasteiger partial charge in [-0.2, -0.15) is 0 Å². The minimum absolute atomic E-state index is 0.774. The number of hydrogen-bond donors (Lipinski definition) is 1. The van der Waals surface area contributed by atoms with Crippen LogP contribution in [-0.4, -0.2) is 61.7 Å². The number of piperazine rings is 1. The molecule has 110 valence electrons. The van der Waals surface area contributed by atoms with Crippen LogP contribution in [0.25, 0.3) is 0 Å². The van der Waals surface area contributed by atoms with Crippen LogP contribution in [0.5, 0.6) is 0 Å². The van der Waals surface area contributed by atoms with Crippen LogP contribution in [0.3, 0.4) is 0 Å². The van der Waals surface area contributed by atoms with Crippen molar-refractivity contribution in [1.82, 2.24) is 15.1 Å². The second-order valence-electron chi connectivity index (χ2n) is 7.00. The molecular formula is C16H31N3. The number of hydrogen-bond acceptors (Lipinski definition) is 3. The zero-order valence-corrected chi connectivity index (χ0v) is 12.8. The summed E-state index contributed by atoms with van der Waals surface area (Å²) >= 11 is 0. The summed E-state index contributed by atoms with van der Waals surface area (Å²) in [5.74, 6) is 2.06. The third-order valence-electron chi connectivity index (χ3n) is 5.40. The quantitative estimate of drug-likeness (QED) is 0.757. The highest BCUT2D eigenvalue weighted by Crippen LogP contribution is 2.44. The van der Waals surface area contributed by atoms with Gasteiger partial charge < -0.3 is 10.2 Å². The van der Waals surface area contributed by atoms with Crippen molar-refractivity contribution in [3.63, 3.8) is 0 Å². The highest BCUT2D eigenvalue weighted by Gasteiger charge is 2.40. The molecule has 1 heterocycles. The molecule has 0 aromatic rings. The maximum absolute atomic E-state index is 3.88. The second-order valence-corrected chi connectivity index (χ2v) is 7.00. The molecule has 1 unspecified atom stereocenters. The minimum atomic E-state index is 0.774. The summed E-state index contributed by atoms with van der Waals surface area (Å²) in [7, 11) is 2.28. The van der Waals surface area contributed by atoms with Gasteiger partial charge in [-0.1, -0.05) is 6.92 Å². The van der Waals surface area contributed by atoms with E-state index in [-0.39, 0.29) is 0 Å². The summed E-state index contributed by atoms with van der Waals surface area (Å²) in [6, 6.07) is 1.64. The van der Waals surface area contributed by atoms with Gasteiger partial charge in [0, 0.05) is 44.8 Å². The third-order valence-corrected chi connectivity index (χ3v) is 5.40. The number of likely N-dealkylation sites (N-methyl/N-ethyl adjacent to an activating group) is 1. The van der Waals surface area contributed by atoms with Crippen molar-refractivity contribution in [2.24, 2.45) is 11.8 Å². The molecule has 0 aromatic heterocycles. The molecule has 3 heteroatoms. The molecule has 3 fully saturated rings. The summed E-state index contributed by atoms with van der Waals surface area (Å²) in [5, 5.41) is 3.88. The van der Waals surface area contributed by atoms with Gasteiger partial charge >= 0.3 is 0 Å². The van der Waals surface area contributed by atoms with Gasteiger partial charge in [0.25, 0.3) is 0 Å². The van der Waals surface area contributed by atoms with Gasteiger partial charge in [0.05, 0.1) is 0 Å². The van der Waals surface area contributed by atoms with Gasteiger partial charge in [0.2, 0.25) is 0 Å². The highest BCUT2D eigenvalue weighted by atomic mass is 15.3. The molecule has 3 aliphatic rings. The van der Waals surface area contributed by atoms with Gasteiger partial charge in [0.15, 0.2) is 0 Å². The Morgan fingerprint density at radius 1 is 1.11 bits per heavy atom. The van der Waals surface area contributed by atoms with E-state index in [0.717, 1.165) is 23.9 Å². The van der Waals surface area contributed by atoms with Crippen LogP contribution < -0.4 is 5.32 Å². The van der Waals surface area contributed by atoms with Crippen LogP contribution in [0.1, 0.15) is 39.0 Å². The van der Waals surface area contributed by atoms with Crippen LogP contribution in [0, 0.1) is 11.8 Å². The Kier molecular flexibility index (Phi) is 4.45. The predicted octanol–water partition coefficient (Wildman–Crippen LogP) is 1.79. The predicted molar refractivity (Wildman–Crippen MR) is 80.4 cm³/mol. The Morgan fingerprint density at radius 3 is 2.37 bits per heavy atom. The maximum atomic E-state index is 3.88. The molecule has 3 rings (SSSR count). The van der Waals surface area contributed by atoms with E-state index < -0.39 is 0 Å². The smallest absolute Gasteiger partial charge is 0.0218 e. The van der Waals surface area contributed by atoms with Gasteiger partial charge in [-0.15, -0.1) is 0 Å². The average molecular weight is 265 g/mol. The molecule has 1 atom stereocenters. The lowest BCUT2D eigenvalue weighted by molar-refractivity contribution is 0.0929. The Balaban J connectivity index is 1.37. The fourth-order valence-corrected chi connectivity index (χ4v) is 3.67. The largest absolute Gasteiger partial charge is 0.312 e. The first-order valence-electron chi connectivity index (χ1n) is 8.44. The lowest BCUT2D eigenvalue weighted by Crippen LogP contribution is -2.52. The molecule has 1 saturated heterocycles. The lowest BCUT2D eigenvalue weighted by atomic mass is 10.1. The van der Waals surface area contributed by atoms with E-state index in [0.29, 0.717) is 0 Å². The molecule has 2 saturated carbocycles. The zero-order chi connectivity index (χ0) is 13.2. The first-order chi connectivity index (χ1) is 9.28. The standard InChI is InChI=1S/C16H31N3/c1-3-15-12-19(11-10-18(15)2)9-8-17-16(13-4-5-13)14-6-7-14/h13-17H,3-12H2,1-2H3. The number of nitrogens with one attached hydrogen (secondary N) is 1. The SMILES string of the molecule is CCC1CN(CCNC(C2CC2)C2CC2)CCN1C. The summed E-state index contributed by atoms with van der Waals surface area (Å²) in [6.45, 7) is 8.54. The molecule has 2 aliphatic carbocycles. The van der Waals surface area contributed by atoms with Crippen molar-refractivity contribution < 1.29 is 0 Å². The molecule has 19 heavy (non-hydrogen) atoms. The summed E-state index contributed by atoms with van der Waals surface area (Å²) in [6.07, 6.45) is 7.23. The van der Waals surface area contributed by atoms with Crippen molar-refractivity contribution in [2.75, 3.05) is 39.8 Å². The minimum Gasteiger partial charge on any atom is -0.312 e. The molecule has 0 bridgehead atoms. The van der Waals surface area contributed by atoms with Gasteiger partial charge in [-0.05, 0) is 51.0 Å². The van der Waals surface area contributed by atoms with Crippen LogP contribution in [0.15, 0.2) is 0 Å². The fraction of sp³-hybridized carbons (Fsp3) is 1.00. The van der Waals surface area contributed by atoms with Crippen LogP contribution in [0.2, 0.25) is 0 Å². The lowest BCUT2D eigenvalue weighted by Gasteiger charge is -2.39. The van der Waals surface area contributed by atoms with Gasteiger partial charge in [-0.3, -0.25) is 4.90 Å². The molecular weight excluding hydrogens is 234 g/mol. The Bertz CT molecular complexity index is 274. The maximum Gasteiger partial charge on any atom is 0.0218 e. The molecule has 0 amide bonds. The van der Waals surface area contributed by atoms with E-state index in [9.17, 15) is 0 Å². The number of rotatable bonds is 7.